The molecule has 1 aromatic carbocycles. The van der Waals surface area contributed by atoms with Gasteiger partial charge in [0.1, 0.15) is 11.6 Å². The van der Waals surface area contributed by atoms with Crippen LogP contribution in [0.25, 0.3) is 0 Å². The van der Waals surface area contributed by atoms with E-state index in [4.69, 9.17) is 0 Å². The molecule has 0 radical (unpaired) electrons. The van der Waals surface area contributed by atoms with E-state index in [1.807, 2.05) is 36.9 Å². The lowest BCUT2D eigenvalue weighted by Gasteiger charge is -2.35. The van der Waals surface area contributed by atoms with Gasteiger partial charge in [-0.25, -0.2) is 9.97 Å². The highest BCUT2D eigenvalue weighted by Crippen LogP contribution is 2.15. The van der Waals surface area contributed by atoms with Crippen LogP contribution in [0.2, 0.25) is 0 Å². The van der Waals surface area contributed by atoms with Crippen molar-refractivity contribution in [3.63, 3.8) is 0 Å². The largest absolute Gasteiger partial charge is 0.353 e. The molecule has 8 heteroatoms. The molecule has 28 heavy (non-hydrogen) atoms. The Bertz CT molecular complexity index is 828. The Labute approximate surface area is 173 Å². The number of hydrogen-bond acceptors (Lipinski definition) is 5. The highest BCUT2D eigenvalue weighted by Gasteiger charge is 2.22. The summed E-state index contributed by atoms with van der Waals surface area (Å²) in [5.74, 6) is 1.57. The molecule has 0 aliphatic carbocycles. The maximum absolute atomic E-state index is 12.4. The van der Waals surface area contributed by atoms with Crippen molar-refractivity contribution >= 4 is 33.6 Å². The Hall–Kier alpha value is -2.48. The molecule has 0 bridgehead atoms. The summed E-state index contributed by atoms with van der Waals surface area (Å²) in [6.07, 6.45) is 0.300. The van der Waals surface area contributed by atoms with E-state index in [0.29, 0.717) is 31.6 Å². The quantitative estimate of drug-likeness (QED) is 0.763. The van der Waals surface area contributed by atoms with Crippen molar-refractivity contribution in [1.82, 2.24) is 20.2 Å². The monoisotopic (exact) mass is 445 g/mol. The van der Waals surface area contributed by atoms with Gasteiger partial charge in [0.05, 0.1) is 0 Å². The van der Waals surface area contributed by atoms with E-state index in [0.717, 1.165) is 34.9 Å². The number of nitrogens with one attached hydrogen (secondary N) is 1. The zero-order chi connectivity index (χ0) is 20.1. The molecule has 1 N–H and O–H groups in total. The van der Waals surface area contributed by atoms with Crippen molar-refractivity contribution < 1.29 is 9.59 Å². The third-order valence-electron chi connectivity index (χ3n) is 4.64. The van der Waals surface area contributed by atoms with E-state index in [2.05, 4.69) is 36.1 Å². The first-order valence-electron chi connectivity index (χ1n) is 9.31. The Morgan fingerprint density at radius 2 is 1.75 bits per heavy atom. The number of rotatable bonds is 5. The van der Waals surface area contributed by atoms with Gasteiger partial charge in [0.2, 0.25) is 5.91 Å². The normalized spacial score (nSPS) is 14.1. The van der Waals surface area contributed by atoms with Crippen LogP contribution in [0.3, 0.4) is 0 Å². The van der Waals surface area contributed by atoms with Gasteiger partial charge in [-0.05, 0) is 38.1 Å². The van der Waals surface area contributed by atoms with Crippen LogP contribution in [0, 0.1) is 13.8 Å². The lowest BCUT2D eigenvalue weighted by atomic mass is 10.2. The van der Waals surface area contributed by atoms with Crippen LogP contribution in [0.1, 0.15) is 28.3 Å². The summed E-state index contributed by atoms with van der Waals surface area (Å²) in [7, 11) is 0. The number of carbonyl (C=O) groups is 2. The van der Waals surface area contributed by atoms with E-state index in [-0.39, 0.29) is 11.8 Å². The standard InChI is InChI=1S/C20H24BrN5O2/c1-14-13-18(24-15(2)23-14)25-9-11-26(12-10-25)19(27)7-8-22-20(28)16-3-5-17(21)6-4-16/h3-6,13H,7-12H2,1-2H3,(H,22,28). The summed E-state index contributed by atoms with van der Waals surface area (Å²) in [6, 6.07) is 9.11. The first-order valence-corrected chi connectivity index (χ1v) is 10.1. The predicted molar refractivity (Wildman–Crippen MR) is 111 cm³/mol. The minimum Gasteiger partial charge on any atom is -0.353 e. The predicted octanol–water partition coefficient (Wildman–Crippen LogP) is 2.32. The van der Waals surface area contributed by atoms with Gasteiger partial charge < -0.3 is 15.1 Å². The van der Waals surface area contributed by atoms with Crippen LogP contribution in [-0.4, -0.2) is 59.4 Å². The Kier molecular flexibility index (Phi) is 6.61. The first kappa shape index (κ1) is 20.3. The van der Waals surface area contributed by atoms with Crippen LogP contribution < -0.4 is 10.2 Å². The average Bonchev–Trinajstić information content (AvgIpc) is 2.67. The highest BCUT2D eigenvalue weighted by atomic mass is 79.9. The topological polar surface area (TPSA) is 78.4 Å². The number of hydrogen-bond donors (Lipinski definition) is 1. The summed E-state index contributed by atoms with van der Waals surface area (Å²) < 4.78 is 0.922. The molecule has 3 rings (SSSR count). The number of anilines is 1. The molecule has 2 aromatic rings. The van der Waals surface area contributed by atoms with Crippen LogP contribution in [0.4, 0.5) is 5.82 Å². The molecule has 2 heterocycles. The lowest BCUT2D eigenvalue weighted by molar-refractivity contribution is -0.131. The van der Waals surface area contributed by atoms with Crippen LogP contribution in [0.5, 0.6) is 0 Å². The number of aromatic nitrogens is 2. The van der Waals surface area contributed by atoms with Gasteiger partial charge in [-0.15, -0.1) is 0 Å². The molecule has 0 unspecified atom stereocenters. The molecule has 1 aliphatic rings. The fourth-order valence-corrected chi connectivity index (χ4v) is 3.45. The lowest BCUT2D eigenvalue weighted by Crippen LogP contribution is -2.49. The van der Waals surface area contributed by atoms with Crippen LogP contribution in [-0.2, 0) is 4.79 Å². The molecule has 0 atom stereocenters. The summed E-state index contributed by atoms with van der Waals surface area (Å²) in [5, 5.41) is 2.81. The molecule has 2 amide bonds. The molecule has 148 valence electrons. The molecular weight excluding hydrogens is 422 g/mol. The van der Waals surface area contributed by atoms with Crippen molar-refractivity contribution in [2.24, 2.45) is 0 Å². The number of amides is 2. The maximum atomic E-state index is 12.4. The van der Waals surface area contributed by atoms with E-state index in [9.17, 15) is 9.59 Å². The second-order valence-electron chi connectivity index (χ2n) is 6.80. The number of piperazine rings is 1. The minimum atomic E-state index is -0.167. The number of aryl methyl sites for hydroxylation is 2. The van der Waals surface area contributed by atoms with Crippen molar-refractivity contribution in [1.29, 1.82) is 0 Å². The zero-order valence-corrected chi connectivity index (χ0v) is 17.7. The Balaban J connectivity index is 1.43. The molecular formula is C20H24BrN5O2. The smallest absolute Gasteiger partial charge is 0.251 e. The SMILES string of the molecule is Cc1cc(N2CCN(C(=O)CCNC(=O)c3ccc(Br)cc3)CC2)nc(C)n1. The van der Waals surface area contributed by atoms with E-state index >= 15 is 0 Å². The zero-order valence-electron chi connectivity index (χ0n) is 16.1. The molecule has 1 fully saturated rings. The second-order valence-corrected chi connectivity index (χ2v) is 7.71. The molecule has 0 spiro atoms. The molecule has 1 aliphatic heterocycles. The summed E-state index contributed by atoms with van der Waals surface area (Å²) in [5.41, 5.74) is 1.53. The van der Waals surface area contributed by atoms with Crippen LogP contribution >= 0.6 is 15.9 Å². The summed E-state index contributed by atoms with van der Waals surface area (Å²) in [6.45, 7) is 6.97. The highest BCUT2D eigenvalue weighted by molar-refractivity contribution is 9.10. The Morgan fingerprint density at radius 1 is 1.07 bits per heavy atom. The van der Waals surface area contributed by atoms with E-state index in [1.165, 1.54) is 0 Å². The molecule has 1 saturated heterocycles. The van der Waals surface area contributed by atoms with Crippen molar-refractivity contribution in [3.05, 3.63) is 51.9 Å². The van der Waals surface area contributed by atoms with Gasteiger partial charge in [-0.3, -0.25) is 9.59 Å². The third-order valence-corrected chi connectivity index (χ3v) is 5.17. The first-order chi connectivity index (χ1) is 13.4. The van der Waals surface area contributed by atoms with E-state index in [1.54, 1.807) is 12.1 Å². The fourth-order valence-electron chi connectivity index (χ4n) is 3.19. The number of halogens is 1. The molecule has 7 nitrogen and oxygen atoms in total. The number of benzene rings is 1. The van der Waals surface area contributed by atoms with Gasteiger partial charge in [-0.2, -0.15) is 0 Å². The fraction of sp³-hybridized carbons (Fsp3) is 0.400. The van der Waals surface area contributed by atoms with Gasteiger partial charge in [0, 0.05) is 60.9 Å². The third kappa shape index (κ3) is 5.28. The van der Waals surface area contributed by atoms with Crippen molar-refractivity contribution in [2.45, 2.75) is 20.3 Å². The van der Waals surface area contributed by atoms with Crippen molar-refractivity contribution in [2.75, 3.05) is 37.6 Å². The molecule has 1 aromatic heterocycles. The molecule has 0 saturated carbocycles. The maximum Gasteiger partial charge on any atom is 0.251 e. The summed E-state index contributed by atoms with van der Waals surface area (Å²) >= 11 is 3.34. The average molecular weight is 446 g/mol. The van der Waals surface area contributed by atoms with Gasteiger partial charge >= 0.3 is 0 Å². The van der Waals surface area contributed by atoms with E-state index < -0.39 is 0 Å². The van der Waals surface area contributed by atoms with Crippen molar-refractivity contribution in [3.8, 4) is 0 Å². The van der Waals surface area contributed by atoms with Gasteiger partial charge in [0.15, 0.2) is 0 Å². The van der Waals surface area contributed by atoms with Gasteiger partial charge in [-0.1, -0.05) is 15.9 Å². The summed E-state index contributed by atoms with van der Waals surface area (Å²) in [4.78, 5) is 37.4. The number of nitrogens with zero attached hydrogens (tertiary/aromatic N) is 4. The minimum absolute atomic E-state index is 0.0609. The second kappa shape index (κ2) is 9.14. The van der Waals surface area contributed by atoms with Crippen LogP contribution in [0.15, 0.2) is 34.8 Å². The van der Waals surface area contributed by atoms with Gasteiger partial charge in [0.25, 0.3) is 5.91 Å². The Morgan fingerprint density at radius 3 is 2.39 bits per heavy atom. The number of carbonyl (C=O) groups excluding carboxylic acids is 2.